The third kappa shape index (κ3) is 6.05. The van der Waals surface area contributed by atoms with Crippen LogP contribution in [-0.2, 0) is 4.79 Å². The lowest BCUT2D eigenvalue weighted by molar-refractivity contribution is -0.123. The molecule has 0 bridgehead atoms. The third-order valence-electron chi connectivity index (χ3n) is 4.67. The highest BCUT2D eigenvalue weighted by atomic mass is 16.5. The zero-order valence-electron chi connectivity index (χ0n) is 16.8. The minimum Gasteiger partial charge on any atom is -0.497 e. The summed E-state index contributed by atoms with van der Waals surface area (Å²) in [5.74, 6) is 0.734. The van der Waals surface area contributed by atoms with Gasteiger partial charge in [0.05, 0.1) is 13.2 Å². The summed E-state index contributed by atoms with van der Waals surface area (Å²) < 4.78 is 5.18. The van der Waals surface area contributed by atoms with E-state index in [1.165, 1.54) is 0 Å². The normalized spacial score (nSPS) is 15.0. The number of nitriles is 1. The van der Waals surface area contributed by atoms with Crippen molar-refractivity contribution in [3.8, 4) is 11.8 Å². The number of carbonyl (C=O) groups is 2. The number of rotatable bonds is 7. The molecule has 1 aromatic carbocycles. The lowest BCUT2D eigenvalue weighted by Gasteiger charge is -2.36. The number of hydrogen-bond donors (Lipinski definition) is 2. The largest absolute Gasteiger partial charge is 0.497 e. The molecule has 0 aromatic heterocycles. The van der Waals surface area contributed by atoms with Gasteiger partial charge in [-0.3, -0.25) is 4.79 Å². The van der Waals surface area contributed by atoms with Crippen LogP contribution in [-0.4, -0.2) is 62.7 Å². The van der Waals surface area contributed by atoms with E-state index in [0.29, 0.717) is 19.5 Å². The van der Waals surface area contributed by atoms with Crippen molar-refractivity contribution in [3.05, 3.63) is 24.3 Å². The summed E-state index contributed by atoms with van der Waals surface area (Å²) in [6, 6.07) is 8.86. The number of urea groups is 1. The Labute approximate surface area is 166 Å². The highest BCUT2D eigenvalue weighted by Gasteiger charge is 2.26. The molecule has 8 nitrogen and oxygen atoms in total. The Bertz CT molecular complexity index is 691. The molecular formula is C20H29N5O3. The van der Waals surface area contributed by atoms with Gasteiger partial charge in [0.1, 0.15) is 18.3 Å². The Morgan fingerprint density at radius 1 is 1.18 bits per heavy atom. The van der Waals surface area contributed by atoms with E-state index in [2.05, 4.69) is 15.5 Å². The molecule has 2 N–H and O–H groups in total. The molecule has 1 aliphatic heterocycles. The summed E-state index contributed by atoms with van der Waals surface area (Å²) in [4.78, 5) is 28.8. The molecule has 152 valence electrons. The molecule has 3 amide bonds. The van der Waals surface area contributed by atoms with Crippen molar-refractivity contribution in [1.29, 1.82) is 5.26 Å². The first kappa shape index (κ1) is 21.4. The third-order valence-corrected chi connectivity index (χ3v) is 4.67. The van der Waals surface area contributed by atoms with Gasteiger partial charge in [-0.15, -0.1) is 0 Å². The highest BCUT2D eigenvalue weighted by molar-refractivity contribution is 5.87. The smallest absolute Gasteiger partial charge is 0.318 e. The molecule has 1 heterocycles. The first-order valence-electron chi connectivity index (χ1n) is 9.53. The Balaban J connectivity index is 1.89. The van der Waals surface area contributed by atoms with E-state index in [4.69, 9.17) is 10.00 Å². The van der Waals surface area contributed by atoms with Gasteiger partial charge in [-0.1, -0.05) is 13.8 Å². The van der Waals surface area contributed by atoms with Gasteiger partial charge in [0.2, 0.25) is 5.91 Å². The van der Waals surface area contributed by atoms with Crippen LogP contribution in [0, 0.1) is 17.2 Å². The van der Waals surface area contributed by atoms with Crippen molar-refractivity contribution in [2.75, 3.05) is 44.7 Å². The second-order valence-corrected chi connectivity index (χ2v) is 7.18. The Kier molecular flexibility index (Phi) is 7.93. The SMILES string of the molecule is COc1ccc(N2CCN(C(=O)N[C@@H](CC(C)C)C(=O)NCC#N)CC2)cc1. The van der Waals surface area contributed by atoms with Gasteiger partial charge in [0.25, 0.3) is 0 Å². The van der Waals surface area contributed by atoms with Crippen molar-refractivity contribution in [2.24, 2.45) is 5.92 Å². The van der Waals surface area contributed by atoms with E-state index in [9.17, 15) is 9.59 Å². The minimum absolute atomic E-state index is 0.0656. The first-order valence-corrected chi connectivity index (χ1v) is 9.53. The maximum atomic E-state index is 12.6. The highest BCUT2D eigenvalue weighted by Crippen LogP contribution is 2.20. The van der Waals surface area contributed by atoms with Crippen LogP contribution in [0.25, 0.3) is 0 Å². The molecule has 1 aliphatic rings. The zero-order valence-corrected chi connectivity index (χ0v) is 16.8. The number of methoxy groups -OCH3 is 1. The summed E-state index contributed by atoms with van der Waals surface area (Å²) in [5, 5.41) is 14.0. The number of anilines is 1. The molecular weight excluding hydrogens is 358 g/mol. The number of ether oxygens (including phenoxy) is 1. The zero-order chi connectivity index (χ0) is 20.5. The van der Waals surface area contributed by atoms with E-state index in [1.807, 2.05) is 44.2 Å². The van der Waals surface area contributed by atoms with Crippen LogP contribution in [0.3, 0.4) is 0 Å². The molecule has 1 atom stereocenters. The lowest BCUT2D eigenvalue weighted by atomic mass is 10.0. The van der Waals surface area contributed by atoms with Crippen LogP contribution >= 0.6 is 0 Å². The molecule has 1 saturated heterocycles. The number of benzene rings is 1. The number of nitrogens with zero attached hydrogens (tertiary/aromatic N) is 3. The van der Waals surface area contributed by atoms with Crippen molar-refractivity contribution >= 4 is 17.6 Å². The second kappa shape index (κ2) is 10.4. The van der Waals surface area contributed by atoms with Gasteiger partial charge in [-0.25, -0.2) is 4.79 Å². The molecule has 0 aliphatic carbocycles. The van der Waals surface area contributed by atoms with Gasteiger partial charge in [-0.05, 0) is 36.6 Å². The van der Waals surface area contributed by atoms with Gasteiger partial charge < -0.3 is 25.2 Å². The molecule has 28 heavy (non-hydrogen) atoms. The molecule has 0 spiro atoms. The Morgan fingerprint density at radius 2 is 1.82 bits per heavy atom. The van der Waals surface area contributed by atoms with Crippen LogP contribution < -0.4 is 20.3 Å². The molecule has 1 aromatic rings. The van der Waals surface area contributed by atoms with E-state index in [1.54, 1.807) is 12.0 Å². The number of nitrogens with one attached hydrogen (secondary N) is 2. The molecule has 8 heteroatoms. The molecule has 1 fully saturated rings. The van der Waals surface area contributed by atoms with Crippen LogP contribution in [0.5, 0.6) is 5.75 Å². The number of amides is 3. The minimum atomic E-state index is -0.638. The van der Waals surface area contributed by atoms with Crippen molar-refractivity contribution in [2.45, 2.75) is 26.3 Å². The summed E-state index contributed by atoms with van der Waals surface area (Å²) >= 11 is 0. The summed E-state index contributed by atoms with van der Waals surface area (Å²) in [7, 11) is 1.64. The summed E-state index contributed by atoms with van der Waals surface area (Å²) in [6.07, 6.45) is 0.523. The average molecular weight is 387 g/mol. The van der Waals surface area contributed by atoms with Crippen LogP contribution in [0.1, 0.15) is 20.3 Å². The standard InChI is InChI=1S/C20H29N5O3/c1-15(2)14-18(19(26)22-9-8-21)23-20(27)25-12-10-24(11-13-25)16-4-6-17(28-3)7-5-16/h4-7,15,18H,9-14H2,1-3H3,(H,22,26)(H,23,27)/t18-/m0/s1. The fraction of sp³-hybridized carbons (Fsp3) is 0.550. The molecule has 0 saturated carbocycles. The van der Waals surface area contributed by atoms with Gasteiger partial charge in [-0.2, -0.15) is 5.26 Å². The Hall–Kier alpha value is -2.95. The quantitative estimate of drug-likeness (QED) is 0.693. The maximum Gasteiger partial charge on any atom is 0.318 e. The number of hydrogen-bond acceptors (Lipinski definition) is 5. The van der Waals surface area contributed by atoms with Crippen LogP contribution in [0.2, 0.25) is 0 Å². The molecule has 0 radical (unpaired) electrons. The topological polar surface area (TPSA) is 97.7 Å². The summed E-state index contributed by atoms with van der Waals surface area (Å²) in [5.41, 5.74) is 1.09. The average Bonchev–Trinajstić information content (AvgIpc) is 2.71. The molecule has 0 unspecified atom stereocenters. The van der Waals surface area contributed by atoms with Crippen LogP contribution in [0.15, 0.2) is 24.3 Å². The maximum absolute atomic E-state index is 12.6. The second-order valence-electron chi connectivity index (χ2n) is 7.18. The van der Waals surface area contributed by atoms with Crippen molar-refractivity contribution < 1.29 is 14.3 Å². The van der Waals surface area contributed by atoms with E-state index in [-0.39, 0.29) is 24.4 Å². The lowest BCUT2D eigenvalue weighted by Crippen LogP contribution is -2.56. The van der Waals surface area contributed by atoms with Gasteiger partial charge in [0, 0.05) is 31.9 Å². The molecule has 2 rings (SSSR count). The number of piperazine rings is 1. The predicted octanol–water partition coefficient (Wildman–Crippen LogP) is 1.58. The monoisotopic (exact) mass is 387 g/mol. The van der Waals surface area contributed by atoms with E-state index >= 15 is 0 Å². The van der Waals surface area contributed by atoms with Crippen molar-refractivity contribution in [1.82, 2.24) is 15.5 Å². The fourth-order valence-corrected chi connectivity index (χ4v) is 3.15. The number of carbonyl (C=O) groups excluding carboxylic acids is 2. The van der Waals surface area contributed by atoms with Crippen molar-refractivity contribution in [3.63, 3.8) is 0 Å². The van der Waals surface area contributed by atoms with Crippen LogP contribution in [0.4, 0.5) is 10.5 Å². The fourth-order valence-electron chi connectivity index (χ4n) is 3.15. The predicted molar refractivity (Wildman–Crippen MR) is 107 cm³/mol. The van der Waals surface area contributed by atoms with E-state index in [0.717, 1.165) is 24.5 Å². The first-order chi connectivity index (χ1) is 13.4. The van der Waals surface area contributed by atoms with Gasteiger partial charge in [0.15, 0.2) is 0 Å². The van der Waals surface area contributed by atoms with Gasteiger partial charge >= 0.3 is 6.03 Å². The Morgan fingerprint density at radius 3 is 2.36 bits per heavy atom. The van der Waals surface area contributed by atoms with E-state index < -0.39 is 6.04 Å². The summed E-state index contributed by atoms with van der Waals surface area (Å²) in [6.45, 7) is 6.50.